The summed E-state index contributed by atoms with van der Waals surface area (Å²) in [6, 6.07) is 0. The molecular formula is C6H16AuBrP+. The van der Waals surface area contributed by atoms with Gasteiger partial charge in [0.25, 0.3) is 0 Å². The summed E-state index contributed by atoms with van der Waals surface area (Å²) in [6.45, 7) is 6.92. The van der Waals surface area contributed by atoms with Crippen LogP contribution < -0.4 is 17.0 Å². The fourth-order valence-corrected chi connectivity index (χ4v) is 2.25. The van der Waals surface area contributed by atoms with Crippen LogP contribution in [0.3, 0.4) is 0 Å². The molecule has 0 aliphatic heterocycles. The summed E-state index contributed by atoms with van der Waals surface area (Å²) >= 11 is 0. The molecule has 0 bridgehead atoms. The second kappa shape index (κ2) is 12.3. The van der Waals surface area contributed by atoms with Gasteiger partial charge in [0.2, 0.25) is 0 Å². The third-order valence-electron chi connectivity index (χ3n) is 1.50. The second-order valence-corrected chi connectivity index (χ2v) is 5.43. The van der Waals surface area contributed by atoms with Crippen molar-refractivity contribution in [3.63, 3.8) is 0 Å². The molecule has 62 valence electrons. The van der Waals surface area contributed by atoms with Crippen molar-refractivity contribution in [2.45, 2.75) is 20.8 Å². The average Bonchev–Trinajstić information content (AvgIpc) is 1.72. The fraction of sp³-hybridized carbons (Fsp3) is 1.00. The van der Waals surface area contributed by atoms with Gasteiger partial charge in [0.05, 0.1) is 18.5 Å². The van der Waals surface area contributed by atoms with E-state index >= 15 is 0 Å². The van der Waals surface area contributed by atoms with Crippen LogP contribution in [0.2, 0.25) is 0 Å². The zero-order valence-electron chi connectivity index (χ0n) is 6.30. The van der Waals surface area contributed by atoms with Crippen molar-refractivity contribution in [1.82, 2.24) is 0 Å². The van der Waals surface area contributed by atoms with Gasteiger partial charge in [0, 0.05) is 0 Å². The van der Waals surface area contributed by atoms with E-state index in [0.29, 0.717) is 0 Å². The van der Waals surface area contributed by atoms with Crippen LogP contribution in [0.1, 0.15) is 20.8 Å². The van der Waals surface area contributed by atoms with Gasteiger partial charge in [-0.15, -0.1) is 0 Å². The molecule has 0 spiro atoms. The fourth-order valence-electron chi connectivity index (χ4n) is 0.750. The minimum Gasteiger partial charge on any atom is -1.00 e. The van der Waals surface area contributed by atoms with Crippen molar-refractivity contribution in [3.05, 3.63) is 0 Å². The van der Waals surface area contributed by atoms with Crippen LogP contribution in [-0.4, -0.2) is 18.5 Å². The van der Waals surface area contributed by atoms with Crippen molar-refractivity contribution < 1.29 is 39.4 Å². The standard InChI is InChI=1S/C6H15P.Au.BrH/c1-4-7(5-2)6-3;;/h4-6H2,1-3H3;;1H/q;+1;. The molecule has 0 heterocycles. The molecule has 0 amide bonds. The van der Waals surface area contributed by atoms with E-state index in [0.717, 1.165) is 0 Å². The third-order valence-corrected chi connectivity index (χ3v) is 4.50. The van der Waals surface area contributed by atoms with Gasteiger partial charge in [-0.05, 0) is 28.7 Å². The topological polar surface area (TPSA) is 0 Å². The molecule has 0 saturated carbocycles. The van der Waals surface area contributed by atoms with Gasteiger partial charge in [0.1, 0.15) is 0 Å². The third kappa shape index (κ3) is 9.65. The molecule has 0 atom stereocenters. The van der Waals surface area contributed by atoms with Gasteiger partial charge < -0.3 is 17.0 Å². The van der Waals surface area contributed by atoms with Crippen LogP contribution in [0.4, 0.5) is 0 Å². The number of halogens is 1. The minimum absolute atomic E-state index is 0. The molecule has 0 aromatic carbocycles. The molecule has 0 radical (unpaired) electrons. The van der Waals surface area contributed by atoms with Gasteiger partial charge >= 0.3 is 22.4 Å². The molecule has 0 aliphatic rings. The molecule has 0 aromatic heterocycles. The first-order valence-electron chi connectivity index (χ1n) is 3.18. The smallest absolute Gasteiger partial charge is 1.00 e. The van der Waals surface area contributed by atoms with Crippen LogP contribution >= 0.6 is 7.92 Å². The van der Waals surface area contributed by atoms with Crippen molar-refractivity contribution in [2.75, 3.05) is 18.5 Å². The van der Waals surface area contributed by atoms with E-state index in [1.165, 1.54) is 18.5 Å². The second-order valence-electron chi connectivity index (χ2n) is 1.81. The average molecular weight is 396 g/mol. The van der Waals surface area contributed by atoms with E-state index in [-0.39, 0.29) is 47.3 Å². The maximum atomic E-state index is 2.31. The largest absolute Gasteiger partial charge is 1.00 e. The summed E-state index contributed by atoms with van der Waals surface area (Å²) in [7, 11) is 0.137. The first kappa shape index (κ1) is 16.9. The Balaban J connectivity index is -0.000000180. The molecule has 0 fully saturated rings. The summed E-state index contributed by atoms with van der Waals surface area (Å²) in [5.74, 6) is 0. The minimum atomic E-state index is 0. The number of rotatable bonds is 3. The van der Waals surface area contributed by atoms with Gasteiger partial charge in [0.15, 0.2) is 0 Å². The van der Waals surface area contributed by atoms with E-state index in [9.17, 15) is 0 Å². The Kier molecular flexibility index (Phi) is 23.2. The first-order valence-corrected chi connectivity index (χ1v) is 5.30. The predicted octanol–water partition coefficient (Wildman–Crippen LogP) is -0.738. The summed E-state index contributed by atoms with van der Waals surface area (Å²) in [5.41, 5.74) is 0. The first-order chi connectivity index (χ1) is 3.35. The Morgan fingerprint density at radius 2 is 1.11 bits per heavy atom. The van der Waals surface area contributed by atoms with E-state index in [4.69, 9.17) is 0 Å². The monoisotopic (exact) mass is 395 g/mol. The molecule has 0 unspecified atom stereocenters. The molecular weight excluding hydrogens is 380 g/mol. The van der Waals surface area contributed by atoms with Gasteiger partial charge in [-0.2, -0.15) is 0 Å². The molecule has 0 aliphatic carbocycles. The molecule has 0 N–H and O–H groups in total. The van der Waals surface area contributed by atoms with Crippen LogP contribution in [0.5, 0.6) is 0 Å². The Hall–Kier alpha value is 1.65. The molecule has 0 saturated heterocycles. The van der Waals surface area contributed by atoms with Crippen molar-refractivity contribution >= 4 is 7.92 Å². The molecule has 3 heteroatoms. The molecule has 9 heavy (non-hydrogen) atoms. The quantitative estimate of drug-likeness (QED) is 0.436. The van der Waals surface area contributed by atoms with Crippen molar-refractivity contribution in [1.29, 1.82) is 0 Å². The Morgan fingerprint density at radius 3 is 1.11 bits per heavy atom. The Bertz CT molecular complexity index is 34.5. The maximum absolute atomic E-state index is 2.31. The van der Waals surface area contributed by atoms with E-state index in [1.54, 1.807) is 0 Å². The summed E-state index contributed by atoms with van der Waals surface area (Å²) in [6.07, 6.45) is 4.37. The van der Waals surface area contributed by atoms with E-state index < -0.39 is 0 Å². The molecule has 0 rings (SSSR count). The zero-order chi connectivity index (χ0) is 5.70. The van der Waals surface area contributed by atoms with E-state index in [1.807, 2.05) is 0 Å². The van der Waals surface area contributed by atoms with Gasteiger partial charge in [-0.25, -0.2) is 0 Å². The zero-order valence-corrected chi connectivity index (χ0v) is 11.1. The van der Waals surface area contributed by atoms with Gasteiger partial charge in [-0.3, -0.25) is 0 Å². The normalized spacial score (nSPS) is 8.00. The van der Waals surface area contributed by atoms with E-state index in [2.05, 4.69) is 20.8 Å². The van der Waals surface area contributed by atoms with Crippen LogP contribution in [0.25, 0.3) is 0 Å². The van der Waals surface area contributed by atoms with Crippen LogP contribution in [-0.2, 0) is 22.4 Å². The molecule has 0 aromatic rings. The molecule has 0 nitrogen and oxygen atoms in total. The van der Waals surface area contributed by atoms with Gasteiger partial charge in [-0.1, -0.05) is 0 Å². The predicted molar refractivity (Wildman–Crippen MR) is 39.9 cm³/mol. The van der Waals surface area contributed by atoms with Crippen LogP contribution in [0, 0.1) is 0 Å². The Labute approximate surface area is 86.2 Å². The Morgan fingerprint density at radius 1 is 0.889 bits per heavy atom. The van der Waals surface area contributed by atoms with Crippen LogP contribution in [0.15, 0.2) is 0 Å². The number of hydrogen-bond acceptors (Lipinski definition) is 0. The summed E-state index contributed by atoms with van der Waals surface area (Å²) < 4.78 is 0. The summed E-state index contributed by atoms with van der Waals surface area (Å²) in [4.78, 5) is 0. The van der Waals surface area contributed by atoms with Crippen molar-refractivity contribution in [2.24, 2.45) is 0 Å². The summed E-state index contributed by atoms with van der Waals surface area (Å²) in [5, 5.41) is 0. The number of hydrogen-bond donors (Lipinski definition) is 0. The SMILES string of the molecule is CC[PH+](CC)CC.[Au+].[Br-]. The maximum Gasteiger partial charge on any atom is 1.00 e. The van der Waals surface area contributed by atoms with Crippen molar-refractivity contribution in [3.8, 4) is 0 Å².